The normalized spacial score (nSPS) is 25.7. The number of likely N-dealkylation sites (N-methyl/N-ethyl adjacent to an activating group) is 1. The van der Waals surface area contributed by atoms with E-state index in [1.807, 2.05) is 0 Å². The molecule has 2 aliphatic heterocycles. The molecular weight excluding hydrogens is 441 g/mol. The first-order chi connectivity index (χ1) is 11.8. The highest BCUT2D eigenvalue weighted by Gasteiger charge is 2.34. The molecule has 0 spiro atoms. The number of nitrogens with zero attached hydrogens (tertiary/aromatic N) is 1. The Morgan fingerprint density at radius 3 is 2.35 bits per heavy atom. The van der Waals surface area contributed by atoms with Crippen molar-refractivity contribution in [3.63, 3.8) is 0 Å². The van der Waals surface area contributed by atoms with Gasteiger partial charge in [0.2, 0.25) is 0 Å². The van der Waals surface area contributed by atoms with E-state index in [-0.39, 0.29) is 41.8 Å². The first kappa shape index (κ1) is 22.1. The molecule has 0 amide bonds. The van der Waals surface area contributed by atoms with E-state index in [1.165, 1.54) is 11.1 Å². The lowest BCUT2D eigenvalue weighted by atomic mass is 9.86. The molecule has 0 aliphatic carbocycles. The van der Waals surface area contributed by atoms with E-state index in [0.29, 0.717) is 0 Å². The summed E-state index contributed by atoms with van der Waals surface area (Å²) in [5, 5.41) is 0. The van der Waals surface area contributed by atoms with Gasteiger partial charge in [-0.1, -0.05) is 45.0 Å². The highest BCUT2D eigenvalue weighted by atomic mass is 127. The van der Waals surface area contributed by atoms with Crippen LogP contribution in [0.2, 0.25) is 0 Å². The summed E-state index contributed by atoms with van der Waals surface area (Å²) < 4.78 is 18.6. The second-order valence-corrected chi connectivity index (χ2v) is 8.87. The van der Waals surface area contributed by atoms with Crippen LogP contribution in [0.5, 0.6) is 0 Å². The largest absolute Gasteiger partial charge is 1.00 e. The van der Waals surface area contributed by atoms with Gasteiger partial charge in [0.25, 0.3) is 0 Å². The van der Waals surface area contributed by atoms with Crippen molar-refractivity contribution in [2.75, 3.05) is 46.5 Å². The Kier molecular flexibility index (Phi) is 7.92. The Labute approximate surface area is 175 Å². The van der Waals surface area contributed by atoms with Crippen molar-refractivity contribution < 1.29 is 42.7 Å². The number of ether oxygens (including phenoxy) is 3. The van der Waals surface area contributed by atoms with Crippen LogP contribution in [0.4, 0.5) is 0 Å². The lowest BCUT2D eigenvalue weighted by Gasteiger charge is -2.38. The lowest BCUT2D eigenvalue weighted by Crippen LogP contribution is -3.00. The molecule has 2 fully saturated rings. The molecule has 0 bridgehead atoms. The van der Waals surface area contributed by atoms with Crippen LogP contribution < -0.4 is 24.0 Å². The van der Waals surface area contributed by atoms with Gasteiger partial charge in [0.05, 0.1) is 26.9 Å². The molecule has 1 aromatic rings. The molecule has 2 atom stereocenters. The third kappa shape index (κ3) is 6.16. The fraction of sp³-hybridized carbons (Fsp3) is 0.714. The molecule has 26 heavy (non-hydrogen) atoms. The summed E-state index contributed by atoms with van der Waals surface area (Å²) in [5.74, 6) is 0. The van der Waals surface area contributed by atoms with Crippen LogP contribution in [0.1, 0.15) is 38.3 Å². The van der Waals surface area contributed by atoms with Crippen LogP contribution in [0, 0.1) is 0 Å². The summed E-state index contributed by atoms with van der Waals surface area (Å²) in [6, 6.07) is 8.98. The minimum atomic E-state index is -0.0556. The highest BCUT2D eigenvalue weighted by molar-refractivity contribution is 5.27. The van der Waals surface area contributed by atoms with Gasteiger partial charge in [-0.2, -0.15) is 0 Å². The smallest absolute Gasteiger partial charge is 0.158 e. The van der Waals surface area contributed by atoms with Crippen molar-refractivity contribution in [1.82, 2.24) is 0 Å². The zero-order valence-corrected chi connectivity index (χ0v) is 18.8. The summed E-state index contributed by atoms with van der Waals surface area (Å²) in [6.07, 6.45) is 2.09. The first-order valence-corrected chi connectivity index (χ1v) is 9.62. The van der Waals surface area contributed by atoms with E-state index in [2.05, 4.69) is 52.1 Å². The van der Waals surface area contributed by atoms with E-state index in [9.17, 15) is 0 Å². The van der Waals surface area contributed by atoms with Gasteiger partial charge in [-0.05, 0) is 23.0 Å². The molecule has 4 nitrogen and oxygen atoms in total. The highest BCUT2D eigenvalue weighted by Crippen LogP contribution is 2.24. The van der Waals surface area contributed by atoms with Crippen LogP contribution >= 0.6 is 0 Å². The summed E-state index contributed by atoms with van der Waals surface area (Å²) in [6.45, 7) is 12.4. The molecule has 0 aromatic heterocycles. The number of hydrogen-bond donors (Lipinski definition) is 0. The van der Waals surface area contributed by atoms with Crippen molar-refractivity contribution in [2.24, 2.45) is 0 Å². The Hall–Kier alpha value is -0.210. The monoisotopic (exact) mass is 475 g/mol. The van der Waals surface area contributed by atoms with Crippen molar-refractivity contribution in [3.05, 3.63) is 35.4 Å². The van der Waals surface area contributed by atoms with Crippen molar-refractivity contribution in [3.8, 4) is 0 Å². The molecule has 0 saturated carbocycles. The number of rotatable bonds is 5. The molecular formula is C21H34INO3. The van der Waals surface area contributed by atoms with E-state index >= 15 is 0 Å². The average Bonchev–Trinajstić information content (AvgIpc) is 3.00. The topological polar surface area (TPSA) is 27.7 Å². The van der Waals surface area contributed by atoms with Gasteiger partial charge in [-0.3, -0.25) is 0 Å². The second kappa shape index (κ2) is 9.32. The van der Waals surface area contributed by atoms with E-state index in [4.69, 9.17) is 14.2 Å². The molecule has 5 heteroatoms. The fourth-order valence-electron chi connectivity index (χ4n) is 3.67. The number of benzene rings is 1. The Balaban J connectivity index is 0.00000243. The maximum atomic E-state index is 6.15. The van der Waals surface area contributed by atoms with Crippen LogP contribution in [0.25, 0.3) is 0 Å². The van der Waals surface area contributed by atoms with E-state index in [1.54, 1.807) is 0 Å². The molecule has 3 rings (SSSR count). The molecule has 148 valence electrons. The maximum Gasteiger partial charge on any atom is 0.158 e. The number of hydrogen-bond acceptors (Lipinski definition) is 3. The predicted octanol–water partition coefficient (Wildman–Crippen LogP) is 0.139. The van der Waals surface area contributed by atoms with Gasteiger partial charge in [0, 0.05) is 6.42 Å². The standard InChI is InChI=1S/C21H34NO3.HI/c1-21(2,3)18-8-5-17(6-9-18)7-10-20-24-16-19(25-20)15-22(4)11-13-23-14-12-22;/h5-6,8-9,19-20H,7,10-16H2,1-4H3;1H/q+1;/p-1. The fourth-order valence-corrected chi connectivity index (χ4v) is 3.67. The van der Waals surface area contributed by atoms with Gasteiger partial charge >= 0.3 is 0 Å². The summed E-state index contributed by atoms with van der Waals surface area (Å²) in [7, 11) is 2.30. The lowest BCUT2D eigenvalue weighted by molar-refractivity contribution is -0.919. The van der Waals surface area contributed by atoms with Crippen LogP contribution in [0.3, 0.4) is 0 Å². The molecule has 2 aliphatic rings. The van der Waals surface area contributed by atoms with Crippen LogP contribution in [0.15, 0.2) is 24.3 Å². The number of halogens is 1. The van der Waals surface area contributed by atoms with E-state index < -0.39 is 0 Å². The summed E-state index contributed by atoms with van der Waals surface area (Å²) in [4.78, 5) is 0. The second-order valence-electron chi connectivity index (χ2n) is 8.87. The molecule has 2 saturated heterocycles. The van der Waals surface area contributed by atoms with Gasteiger partial charge in [0.15, 0.2) is 6.29 Å². The molecule has 2 heterocycles. The van der Waals surface area contributed by atoms with Crippen molar-refractivity contribution in [1.29, 1.82) is 0 Å². The SMILES string of the molecule is CC(C)(C)c1ccc(CCC2OCC(C[N+]3(C)CCOCC3)O2)cc1.[I-]. The summed E-state index contributed by atoms with van der Waals surface area (Å²) in [5.41, 5.74) is 2.95. The van der Waals surface area contributed by atoms with Gasteiger partial charge in [-0.15, -0.1) is 0 Å². The predicted molar refractivity (Wildman–Crippen MR) is 99.7 cm³/mol. The molecule has 2 unspecified atom stereocenters. The van der Waals surface area contributed by atoms with Crippen LogP contribution in [-0.4, -0.2) is 63.4 Å². The van der Waals surface area contributed by atoms with Gasteiger partial charge in [-0.25, -0.2) is 0 Å². The third-order valence-electron chi connectivity index (χ3n) is 5.50. The first-order valence-electron chi connectivity index (χ1n) is 9.62. The molecule has 0 radical (unpaired) electrons. The Bertz CT molecular complexity index is 549. The third-order valence-corrected chi connectivity index (χ3v) is 5.50. The number of aryl methyl sites for hydroxylation is 1. The maximum absolute atomic E-state index is 6.15. The zero-order chi connectivity index (χ0) is 17.9. The Morgan fingerprint density at radius 1 is 1.08 bits per heavy atom. The quantitative estimate of drug-likeness (QED) is 0.448. The van der Waals surface area contributed by atoms with Gasteiger partial charge < -0.3 is 42.7 Å². The zero-order valence-electron chi connectivity index (χ0n) is 16.7. The van der Waals surface area contributed by atoms with Crippen molar-refractivity contribution >= 4 is 0 Å². The Morgan fingerprint density at radius 2 is 1.73 bits per heavy atom. The van der Waals surface area contributed by atoms with E-state index in [0.717, 1.165) is 56.8 Å². The molecule has 1 aromatic carbocycles. The van der Waals surface area contributed by atoms with Crippen LogP contribution in [-0.2, 0) is 26.0 Å². The number of morpholine rings is 1. The minimum absolute atomic E-state index is 0. The number of quaternary nitrogens is 1. The van der Waals surface area contributed by atoms with Gasteiger partial charge in [0.1, 0.15) is 25.7 Å². The van der Waals surface area contributed by atoms with Crippen molar-refractivity contribution in [2.45, 2.75) is 51.4 Å². The molecule has 0 N–H and O–H groups in total. The minimum Gasteiger partial charge on any atom is -1.00 e. The average molecular weight is 475 g/mol. The summed E-state index contributed by atoms with van der Waals surface area (Å²) >= 11 is 0.